The summed E-state index contributed by atoms with van der Waals surface area (Å²) in [5.74, 6) is -0.259. The fourth-order valence-corrected chi connectivity index (χ4v) is 2.77. The third-order valence-electron chi connectivity index (χ3n) is 3.69. The number of carbonyl (C=O) groups excluding carboxylic acids is 1. The molecule has 0 bridgehead atoms. The molecule has 1 heterocycles. The van der Waals surface area contributed by atoms with E-state index in [2.05, 4.69) is 29.3 Å². The van der Waals surface area contributed by atoms with Gasteiger partial charge < -0.3 is 11.1 Å². The molecule has 1 saturated heterocycles. The highest BCUT2D eigenvalue weighted by molar-refractivity contribution is 5.85. The van der Waals surface area contributed by atoms with E-state index in [0.29, 0.717) is 6.54 Å². The van der Waals surface area contributed by atoms with Crippen LogP contribution in [0.1, 0.15) is 18.9 Å². The van der Waals surface area contributed by atoms with Crippen LogP contribution in [0.3, 0.4) is 0 Å². The number of hydrogen-bond acceptors (Lipinski definition) is 3. The van der Waals surface area contributed by atoms with Gasteiger partial charge in [-0.25, -0.2) is 0 Å². The highest BCUT2D eigenvalue weighted by atomic mass is 35.5. The van der Waals surface area contributed by atoms with Crippen molar-refractivity contribution in [1.29, 1.82) is 0 Å². The second kappa shape index (κ2) is 7.62. The van der Waals surface area contributed by atoms with Gasteiger partial charge in [0.15, 0.2) is 0 Å². The Morgan fingerprint density at radius 2 is 2.10 bits per heavy atom. The first-order valence-corrected chi connectivity index (χ1v) is 6.83. The number of nitrogens with zero attached hydrogens (tertiary/aromatic N) is 1. The highest BCUT2D eigenvalue weighted by Crippen LogP contribution is 2.26. The van der Waals surface area contributed by atoms with Gasteiger partial charge >= 0.3 is 0 Å². The molecule has 1 fully saturated rings. The molecule has 4 nitrogen and oxygen atoms in total. The van der Waals surface area contributed by atoms with Gasteiger partial charge in [0.1, 0.15) is 0 Å². The summed E-state index contributed by atoms with van der Waals surface area (Å²) in [6.45, 7) is 6.34. The second-order valence-electron chi connectivity index (χ2n) is 5.83. The molecule has 20 heavy (non-hydrogen) atoms. The molecule has 1 aromatic carbocycles. The normalized spacial score (nSPS) is 21.7. The molecule has 1 aromatic rings. The molecule has 0 radical (unpaired) electrons. The van der Waals surface area contributed by atoms with Crippen LogP contribution in [0, 0.1) is 5.41 Å². The van der Waals surface area contributed by atoms with E-state index in [9.17, 15) is 4.79 Å². The second-order valence-corrected chi connectivity index (χ2v) is 5.83. The average Bonchev–Trinajstić information content (AvgIpc) is 2.76. The van der Waals surface area contributed by atoms with Gasteiger partial charge in [0.2, 0.25) is 5.91 Å². The number of rotatable bonds is 6. The predicted octanol–water partition coefficient (Wildman–Crippen LogP) is 1.40. The Kier molecular flexibility index (Phi) is 6.46. The molecule has 1 aliphatic heterocycles. The van der Waals surface area contributed by atoms with Crippen LogP contribution >= 0.6 is 12.4 Å². The zero-order valence-electron chi connectivity index (χ0n) is 12.0. The standard InChI is InChI=1S/C15H23N3O.ClH/c1-15(7-8-17-11-15)12-18(10-14(16)19)9-13-5-3-2-4-6-13;/h2-6,17H,7-12H2,1H3,(H2,16,19);1H. The summed E-state index contributed by atoms with van der Waals surface area (Å²) >= 11 is 0. The van der Waals surface area contributed by atoms with E-state index in [-0.39, 0.29) is 23.7 Å². The molecular formula is C15H24ClN3O. The molecule has 3 N–H and O–H groups in total. The lowest BCUT2D eigenvalue weighted by Crippen LogP contribution is -2.41. The monoisotopic (exact) mass is 297 g/mol. The zero-order valence-corrected chi connectivity index (χ0v) is 12.8. The first-order valence-electron chi connectivity index (χ1n) is 6.83. The quantitative estimate of drug-likeness (QED) is 0.834. The van der Waals surface area contributed by atoms with E-state index in [1.54, 1.807) is 0 Å². The third kappa shape index (κ3) is 5.12. The molecule has 1 atom stereocenters. The van der Waals surface area contributed by atoms with E-state index >= 15 is 0 Å². The van der Waals surface area contributed by atoms with Crippen molar-refractivity contribution in [2.45, 2.75) is 19.9 Å². The largest absolute Gasteiger partial charge is 0.369 e. The van der Waals surface area contributed by atoms with E-state index in [0.717, 1.165) is 32.6 Å². The van der Waals surface area contributed by atoms with Crippen molar-refractivity contribution in [3.63, 3.8) is 0 Å². The van der Waals surface area contributed by atoms with E-state index in [1.807, 2.05) is 18.2 Å². The van der Waals surface area contributed by atoms with E-state index < -0.39 is 0 Å². The summed E-state index contributed by atoms with van der Waals surface area (Å²) in [6.07, 6.45) is 1.15. The summed E-state index contributed by atoms with van der Waals surface area (Å²) in [5.41, 5.74) is 6.83. The van der Waals surface area contributed by atoms with Gasteiger partial charge in [0, 0.05) is 19.6 Å². The lowest BCUT2D eigenvalue weighted by Gasteiger charge is -2.31. The van der Waals surface area contributed by atoms with Crippen LogP contribution in [0.25, 0.3) is 0 Å². The number of primary amides is 1. The molecular weight excluding hydrogens is 274 g/mol. The lowest BCUT2D eigenvalue weighted by molar-refractivity contribution is -0.119. The van der Waals surface area contributed by atoms with Gasteiger partial charge in [-0.2, -0.15) is 0 Å². The first-order chi connectivity index (χ1) is 9.07. The van der Waals surface area contributed by atoms with Crippen LogP contribution in [0.2, 0.25) is 0 Å². The Morgan fingerprint density at radius 1 is 1.40 bits per heavy atom. The number of hydrogen-bond donors (Lipinski definition) is 2. The Bertz CT molecular complexity index is 418. The third-order valence-corrected chi connectivity index (χ3v) is 3.69. The lowest BCUT2D eigenvalue weighted by atomic mass is 9.89. The van der Waals surface area contributed by atoms with Gasteiger partial charge in [-0.05, 0) is 23.9 Å². The predicted molar refractivity (Wildman–Crippen MR) is 83.8 cm³/mol. The minimum Gasteiger partial charge on any atom is -0.369 e. The van der Waals surface area contributed by atoms with Crippen LogP contribution in [-0.4, -0.2) is 37.0 Å². The summed E-state index contributed by atoms with van der Waals surface area (Å²) in [6, 6.07) is 10.2. The van der Waals surface area contributed by atoms with Crippen molar-refractivity contribution in [2.75, 3.05) is 26.2 Å². The Balaban J connectivity index is 0.00000200. The fourth-order valence-electron chi connectivity index (χ4n) is 2.77. The Hall–Kier alpha value is -1.10. The smallest absolute Gasteiger partial charge is 0.231 e. The topological polar surface area (TPSA) is 58.4 Å². The molecule has 1 aliphatic rings. The maximum Gasteiger partial charge on any atom is 0.231 e. The molecule has 0 aliphatic carbocycles. The van der Waals surface area contributed by atoms with Crippen molar-refractivity contribution in [3.05, 3.63) is 35.9 Å². The minimum atomic E-state index is -0.259. The van der Waals surface area contributed by atoms with E-state index in [4.69, 9.17) is 5.73 Å². The van der Waals surface area contributed by atoms with Gasteiger partial charge in [0.05, 0.1) is 6.54 Å². The molecule has 1 amide bonds. The number of carbonyl (C=O) groups is 1. The van der Waals surface area contributed by atoms with Crippen LogP contribution in [0.5, 0.6) is 0 Å². The zero-order chi connectivity index (χ0) is 13.7. The van der Waals surface area contributed by atoms with E-state index in [1.165, 1.54) is 5.56 Å². The van der Waals surface area contributed by atoms with Gasteiger partial charge in [-0.1, -0.05) is 37.3 Å². The average molecular weight is 298 g/mol. The summed E-state index contributed by atoms with van der Waals surface area (Å²) in [7, 11) is 0. The number of halogens is 1. The Morgan fingerprint density at radius 3 is 2.65 bits per heavy atom. The van der Waals surface area contributed by atoms with Crippen molar-refractivity contribution >= 4 is 18.3 Å². The van der Waals surface area contributed by atoms with Gasteiger partial charge in [-0.15, -0.1) is 12.4 Å². The maximum atomic E-state index is 11.2. The fraction of sp³-hybridized carbons (Fsp3) is 0.533. The van der Waals surface area contributed by atoms with Crippen molar-refractivity contribution in [2.24, 2.45) is 11.1 Å². The molecule has 0 spiro atoms. The molecule has 5 heteroatoms. The van der Waals surface area contributed by atoms with Crippen molar-refractivity contribution in [1.82, 2.24) is 10.2 Å². The first kappa shape index (κ1) is 17.0. The van der Waals surface area contributed by atoms with Crippen LogP contribution in [0.4, 0.5) is 0 Å². The van der Waals surface area contributed by atoms with Crippen molar-refractivity contribution < 1.29 is 4.79 Å². The van der Waals surface area contributed by atoms with Crippen LogP contribution in [0.15, 0.2) is 30.3 Å². The Labute approximate surface area is 127 Å². The van der Waals surface area contributed by atoms with Gasteiger partial charge in [0.25, 0.3) is 0 Å². The van der Waals surface area contributed by atoms with Crippen molar-refractivity contribution in [3.8, 4) is 0 Å². The molecule has 1 unspecified atom stereocenters. The number of amides is 1. The van der Waals surface area contributed by atoms with Crippen LogP contribution < -0.4 is 11.1 Å². The molecule has 0 saturated carbocycles. The maximum absolute atomic E-state index is 11.2. The SMILES string of the molecule is CC1(CN(CC(N)=O)Cc2ccccc2)CCNC1.Cl. The summed E-state index contributed by atoms with van der Waals surface area (Å²) in [4.78, 5) is 13.4. The molecule has 112 valence electrons. The number of nitrogens with one attached hydrogen (secondary N) is 1. The summed E-state index contributed by atoms with van der Waals surface area (Å²) in [5, 5.41) is 3.39. The number of benzene rings is 1. The summed E-state index contributed by atoms with van der Waals surface area (Å²) < 4.78 is 0. The molecule has 2 rings (SSSR count). The van der Waals surface area contributed by atoms with Crippen LogP contribution in [-0.2, 0) is 11.3 Å². The van der Waals surface area contributed by atoms with Gasteiger partial charge in [-0.3, -0.25) is 9.69 Å². The molecule has 0 aromatic heterocycles. The number of nitrogens with two attached hydrogens (primary N) is 1. The highest BCUT2D eigenvalue weighted by Gasteiger charge is 2.31. The minimum absolute atomic E-state index is 0.